The number of nitrogens with zero attached hydrogens (tertiary/aromatic N) is 3. The highest BCUT2D eigenvalue weighted by Crippen LogP contribution is 2.37. The molecule has 0 atom stereocenters. The molecule has 0 aliphatic carbocycles. The standard InChI is InChI=1S/C21H20ClF2N3O6/c1-4-31-20(30)11-32-21-16(6-5-7-25-21)33-17-9-15(14(23)8-13(17)22)27(3)19(29)10-18(24)26(2)12-28/h5-10,12H,4,11H2,1-3H3/b18-10-. The van der Waals surface area contributed by atoms with Crippen LogP contribution in [0.3, 0.4) is 0 Å². The second-order valence-corrected chi connectivity index (χ2v) is 6.72. The van der Waals surface area contributed by atoms with Crippen molar-refractivity contribution in [2.75, 3.05) is 32.2 Å². The van der Waals surface area contributed by atoms with Gasteiger partial charge in [0.05, 0.1) is 23.4 Å². The molecule has 0 fully saturated rings. The van der Waals surface area contributed by atoms with E-state index in [-0.39, 0.29) is 41.1 Å². The summed E-state index contributed by atoms with van der Waals surface area (Å²) in [4.78, 5) is 39.8. The molecule has 2 rings (SSSR count). The van der Waals surface area contributed by atoms with Crippen molar-refractivity contribution in [3.05, 3.63) is 53.3 Å². The number of hydrogen-bond acceptors (Lipinski definition) is 7. The minimum Gasteiger partial charge on any atom is -0.463 e. The van der Waals surface area contributed by atoms with Crippen molar-refractivity contribution in [2.24, 2.45) is 0 Å². The molecule has 0 saturated heterocycles. The summed E-state index contributed by atoms with van der Waals surface area (Å²) in [7, 11) is 2.30. The Morgan fingerprint density at radius 3 is 2.64 bits per heavy atom. The Kier molecular flexibility index (Phi) is 9.10. The van der Waals surface area contributed by atoms with Gasteiger partial charge in [-0.15, -0.1) is 0 Å². The maximum Gasteiger partial charge on any atom is 0.344 e. The summed E-state index contributed by atoms with van der Waals surface area (Å²) in [6.07, 6.45) is 2.09. The molecule has 33 heavy (non-hydrogen) atoms. The highest BCUT2D eigenvalue weighted by atomic mass is 35.5. The fourth-order valence-electron chi connectivity index (χ4n) is 2.33. The molecule has 2 aromatic rings. The first-order valence-electron chi connectivity index (χ1n) is 9.41. The van der Waals surface area contributed by atoms with Crippen molar-refractivity contribution in [3.63, 3.8) is 0 Å². The summed E-state index contributed by atoms with van der Waals surface area (Å²) in [6.45, 7) is 1.40. The van der Waals surface area contributed by atoms with E-state index in [9.17, 15) is 23.2 Å². The summed E-state index contributed by atoms with van der Waals surface area (Å²) in [5.41, 5.74) is -0.282. The molecule has 0 N–H and O–H groups in total. The number of carbonyl (C=O) groups is 3. The van der Waals surface area contributed by atoms with Gasteiger partial charge in [-0.25, -0.2) is 14.2 Å². The van der Waals surface area contributed by atoms with E-state index in [1.165, 1.54) is 25.4 Å². The molecule has 0 spiro atoms. The van der Waals surface area contributed by atoms with Gasteiger partial charge in [-0.3, -0.25) is 14.5 Å². The second kappa shape index (κ2) is 11.8. The van der Waals surface area contributed by atoms with Crippen LogP contribution < -0.4 is 14.4 Å². The van der Waals surface area contributed by atoms with E-state index in [0.717, 1.165) is 24.1 Å². The molecule has 0 saturated carbocycles. The number of rotatable bonds is 10. The van der Waals surface area contributed by atoms with Gasteiger partial charge in [0, 0.05) is 26.4 Å². The van der Waals surface area contributed by atoms with Crippen LogP contribution in [0.4, 0.5) is 14.5 Å². The topological polar surface area (TPSA) is 98.3 Å². The van der Waals surface area contributed by atoms with Crippen molar-refractivity contribution in [1.29, 1.82) is 0 Å². The van der Waals surface area contributed by atoms with Gasteiger partial charge in [0.25, 0.3) is 11.8 Å². The molecule has 9 nitrogen and oxygen atoms in total. The Morgan fingerprint density at radius 1 is 1.24 bits per heavy atom. The molecular weight excluding hydrogens is 464 g/mol. The SMILES string of the molecule is CCOC(=O)COc1ncccc1Oc1cc(N(C)C(=O)/C=C(/F)N(C)C=O)c(F)cc1Cl. The number of likely N-dealkylation sites (N-methyl/N-ethyl adjacent to an activating group) is 1. The largest absolute Gasteiger partial charge is 0.463 e. The number of pyridine rings is 1. The van der Waals surface area contributed by atoms with Crippen LogP contribution in [0.15, 0.2) is 42.5 Å². The number of halogens is 3. The normalized spacial score (nSPS) is 10.9. The zero-order valence-electron chi connectivity index (χ0n) is 17.9. The van der Waals surface area contributed by atoms with Gasteiger partial charge in [0.2, 0.25) is 12.4 Å². The van der Waals surface area contributed by atoms with E-state index in [2.05, 4.69) is 4.98 Å². The molecule has 0 radical (unpaired) electrons. The monoisotopic (exact) mass is 483 g/mol. The molecule has 0 bridgehead atoms. The lowest BCUT2D eigenvalue weighted by Crippen LogP contribution is -2.26. The maximum absolute atomic E-state index is 14.5. The summed E-state index contributed by atoms with van der Waals surface area (Å²) in [5, 5.41) is -0.139. The number of hydrogen-bond donors (Lipinski definition) is 0. The lowest BCUT2D eigenvalue weighted by atomic mass is 10.2. The van der Waals surface area contributed by atoms with Crippen LogP contribution in [0.1, 0.15) is 6.92 Å². The highest BCUT2D eigenvalue weighted by molar-refractivity contribution is 6.32. The third-order valence-electron chi connectivity index (χ3n) is 4.02. The predicted octanol–water partition coefficient (Wildman–Crippen LogP) is 3.47. The number of esters is 1. The van der Waals surface area contributed by atoms with E-state index in [1.807, 2.05) is 0 Å². The average molecular weight is 484 g/mol. The van der Waals surface area contributed by atoms with Crippen LogP contribution in [-0.2, 0) is 19.1 Å². The number of anilines is 1. The van der Waals surface area contributed by atoms with E-state index in [1.54, 1.807) is 6.92 Å². The van der Waals surface area contributed by atoms with Gasteiger partial charge < -0.3 is 19.1 Å². The molecule has 0 aliphatic rings. The predicted molar refractivity (Wildman–Crippen MR) is 114 cm³/mol. The molecule has 1 heterocycles. The van der Waals surface area contributed by atoms with Crippen molar-refractivity contribution in [1.82, 2.24) is 9.88 Å². The highest BCUT2D eigenvalue weighted by Gasteiger charge is 2.20. The number of carbonyl (C=O) groups excluding carboxylic acids is 3. The Hall–Kier alpha value is -3.73. The first kappa shape index (κ1) is 25.5. The van der Waals surface area contributed by atoms with E-state index >= 15 is 0 Å². The number of aromatic nitrogens is 1. The van der Waals surface area contributed by atoms with E-state index in [0.29, 0.717) is 11.0 Å². The van der Waals surface area contributed by atoms with Gasteiger partial charge in [-0.1, -0.05) is 11.6 Å². The van der Waals surface area contributed by atoms with Gasteiger partial charge in [-0.2, -0.15) is 4.39 Å². The maximum atomic E-state index is 14.5. The number of benzene rings is 1. The Balaban J connectivity index is 2.30. The Morgan fingerprint density at radius 2 is 1.97 bits per heavy atom. The average Bonchev–Trinajstić information content (AvgIpc) is 2.79. The van der Waals surface area contributed by atoms with Crippen molar-refractivity contribution >= 4 is 35.6 Å². The second-order valence-electron chi connectivity index (χ2n) is 6.32. The first-order valence-corrected chi connectivity index (χ1v) is 9.79. The Labute approximate surface area is 193 Å². The molecular formula is C21H20ClF2N3O6. The van der Waals surface area contributed by atoms with Crippen LogP contribution in [0, 0.1) is 5.82 Å². The quantitative estimate of drug-likeness (QED) is 0.221. The van der Waals surface area contributed by atoms with Crippen molar-refractivity contribution in [2.45, 2.75) is 6.92 Å². The molecule has 0 aliphatic heterocycles. The third-order valence-corrected chi connectivity index (χ3v) is 4.31. The third kappa shape index (κ3) is 6.88. The van der Waals surface area contributed by atoms with Crippen LogP contribution in [0.5, 0.6) is 17.4 Å². The van der Waals surface area contributed by atoms with Crippen molar-refractivity contribution in [3.8, 4) is 17.4 Å². The van der Waals surface area contributed by atoms with Gasteiger partial charge in [-0.05, 0) is 25.1 Å². The zero-order chi connectivity index (χ0) is 24.5. The summed E-state index contributed by atoms with van der Waals surface area (Å²) >= 11 is 6.08. The smallest absolute Gasteiger partial charge is 0.344 e. The minimum atomic E-state index is -1.13. The molecule has 2 amide bonds. The van der Waals surface area contributed by atoms with E-state index < -0.39 is 30.3 Å². The lowest BCUT2D eigenvalue weighted by Gasteiger charge is -2.19. The lowest BCUT2D eigenvalue weighted by molar-refractivity contribution is -0.145. The first-order chi connectivity index (χ1) is 15.7. The minimum absolute atomic E-state index is 0.0498. The van der Waals surface area contributed by atoms with E-state index in [4.69, 9.17) is 25.8 Å². The molecule has 0 unspecified atom stereocenters. The van der Waals surface area contributed by atoms with Crippen LogP contribution in [0.2, 0.25) is 5.02 Å². The summed E-state index contributed by atoms with van der Waals surface area (Å²) < 4.78 is 44.1. The molecule has 12 heteroatoms. The molecule has 176 valence electrons. The van der Waals surface area contributed by atoms with Crippen LogP contribution in [0.25, 0.3) is 0 Å². The summed E-state index contributed by atoms with van der Waals surface area (Å²) in [6, 6.07) is 5.02. The number of amides is 2. The van der Waals surface area contributed by atoms with Crippen LogP contribution >= 0.6 is 11.6 Å². The van der Waals surface area contributed by atoms with Gasteiger partial charge in [0.1, 0.15) is 11.6 Å². The van der Waals surface area contributed by atoms with Crippen LogP contribution in [-0.4, -0.2) is 55.5 Å². The molecule has 1 aromatic carbocycles. The molecule has 1 aromatic heterocycles. The number of ether oxygens (including phenoxy) is 3. The Bertz CT molecular complexity index is 1070. The van der Waals surface area contributed by atoms with Crippen molar-refractivity contribution < 1.29 is 37.4 Å². The fraction of sp³-hybridized carbons (Fsp3) is 0.238. The fourth-order valence-corrected chi connectivity index (χ4v) is 2.52. The van der Waals surface area contributed by atoms with Gasteiger partial charge >= 0.3 is 5.97 Å². The zero-order valence-corrected chi connectivity index (χ0v) is 18.6. The van der Waals surface area contributed by atoms with Gasteiger partial charge in [0.15, 0.2) is 12.4 Å². The summed E-state index contributed by atoms with van der Waals surface area (Å²) in [5.74, 6) is -3.66.